The van der Waals surface area contributed by atoms with Gasteiger partial charge in [-0.15, -0.1) is 0 Å². The molecule has 0 aromatic heterocycles. The molecule has 0 atom stereocenters. The van der Waals surface area contributed by atoms with E-state index < -0.39 is 0 Å². The summed E-state index contributed by atoms with van der Waals surface area (Å²) in [6, 6.07) is 5.02. The highest BCUT2D eigenvalue weighted by Gasteiger charge is 2.22. The molecule has 1 heterocycles. The SMILES string of the molecule is CC1(C)CCc2ccc(F)cc2NC1. The van der Waals surface area contributed by atoms with Crippen LogP contribution in [0.5, 0.6) is 0 Å². The van der Waals surface area contributed by atoms with E-state index in [1.54, 1.807) is 12.1 Å². The van der Waals surface area contributed by atoms with E-state index in [1.807, 2.05) is 6.07 Å². The third kappa shape index (κ3) is 1.89. The molecule has 0 radical (unpaired) electrons. The normalized spacial score (nSPS) is 19.4. The van der Waals surface area contributed by atoms with E-state index >= 15 is 0 Å². The zero-order valence-corrected chi connectivity index (χ0v) is 8.73. The summed E-state index contributed by atoms with van der Waals surface area (Å²) in [5, 5.41) is 3.32. The first-order valence-electron chi connectivity index (χ1n) is 5.09. The van der Waals surface area contributed by atoms with Gasteiger partial charge < -0.3 is 5.32 Å². The van der Waals surface area contributed by atoms with Crippen LogP contribution < -0.4 is 5.32 Å². The van der Waals surface area contributed by atoms with Gasteiger partial charge in [-0.1, -0.05) is 19.9 Å². The van der Waals surface area contributed by atoms with Crippen molar-refractivity contribution < 1.29 is 4.39 Å². The molecular formula is C12H16FN. The predicted molar refractivity (Wildman–Crippen MR) is 57.0 cm³/mol. The third-order valence-corrected chi connectivity index (χ3v) is 2.90. The van der Waals surface area contributed by atoms with Crippen molar-refractivity contribution in [2.24, 2.45) is 5.41 Å². The molecule has 1 N–H and O–H groups in total. The van der Waals surface area contributed by atoms with E-state index in [0.29, 0.717) is 5.41 Å². The second kappa shape index (κ2) is 3.26. The molecule has 1 aliphatic rings. The Morgan fingerprint density at radius 1 is 1.36 bits per heavy atom. The number of anilines is 1. The standard InChI is InChI=1S/C12H16FN/c1-12(2)6-5-9-3-4-10(13)7-11(9)14-8-12/h3-4,7,14H,5-6,8H2,1-2H3. The van der Waals surface area contributed by atoms with Crippen LogP contribution >= 0.6 is 0 Å². The van der Waals surface area contributed by atoms with Crippen LogP contribution in [0.2, 0.25) is 0 Å². The molecule has 2 rings (SSSR count). The molecule has 14 heavy (non-hydrogen) atoms. The molecule has 1 aromatic rings. The molecular weight excluding hydrogens is 177 g/mol. The average Bonchev–Trinajstić information content (AvgIpc) is 2.26. The number of benzene rings is 1. The van der Waals surface area contributed by atoms with E-state index in [9.17, 15) is 4.39 Å². The minimum atomic E-state index is -0.157. The number of aryl methyl sites for hydroxylation is 1. The van der Waals surface area contributed by atoms with Crippen molar-refractivity contribution in [3.8, 4) is 0 Å². The summed E-state index contributed by atoms with van der Waals surface area (Å²) >= 11 is 0. The smallest absolute Gasteiger partial charge is 0.125 e. The highest BCUT2D eigenvalue weighted by atomic mass is 19.1. The Labute approximate surface area is 84.3 Å². The molecule has 2 heteroatoms. The van der Waals surface area contributed by atoms with E-state index in [0.717, 1.165) is 25.1 Å². The van der Waals surface area contributed by atoms with Crippen LogP contribution in [-0.4, -0.2) is 6.54 Å². The first kappa shape index (κ1) is 9.50. The number of rotatable bonds is 0. The Morgan fingerprint density at radius 2 is 2.14 bits per heavy atom. The molecule has 0 bridgehead atoms. The Balaban J connectivity index is 2.30. The molecule has 1 nitrogen and oxygen atoms in total. The number of halogens is 1. The summed E-state index contributed by atoms with van der Waals surface area (Å²) in [6.07, 6.45) is 2.19. The fourth-order valence-electron chi connectivity index (χ4n) is 1.83. The Bertz CT molecular complexity index is 344. The van der Waals surface area contributed by atoms with Crippen molar-refractivity contribution in [3.63, 3.8) is 0 Å². The second-order valence-electron chi connectivity index (χ2n) is 4.82. The largest absolute Gasteiger partial charge is 0.384 e. The van der Waals surface area contributed by atoms with E-state index in [2.05, 4.69) is 19.2 Å². The van der Waals surface area contributed by atoms with Gasteiger partial charge in [-0.05, 0) is 36.0 Å². The van der Waals surface area contributed by atoms with E-state index in [1.165, 1.54) is 5.56 Å². The lowest BCUT2D eigenvalue weighted by Crippen LogP contribution is -2.21. The number of hydrogen-bond acceptors (Lipinski definition) is 1. The minimum absolute atomic E-state index is 0.157. The van der Waals surface area contributed by atoms with Crippen molar-refractivity contribution in [1.82, 2.24) is 0 Å². The first-order chi connectivity index (χ1) is 6.57. The van der Waals surface area contributed by atoms with Gasteiger partial charge in [-0.25, -0.2) is 4.39 Å². The van der Waals surface area contributed by atoms with Crippen molar-refractivity contribution in [2.75, 3.05) is 11.9 Å². The lowest BCUT2D eigenvalue weighted by Gasteiger charge is -2.21. The molecule has 0 fully saturated rings. The lowest BCUT2D eigenvalue weighted by molar-refractivity contribution is 0.365. The van der Waals surface area contributed by atoms with Gasteiger partial charge in [0.1, 0.15) is 5.82 Å². The van der Waals surface area contributed by atoms with Gasteiger partial charge in [-0.3, -0.25) is 0 Å². The predicted octanol–water partition coefficient (Wildman–Crippen LogP) is 3.21. The molecule has 0 aliphatic carbocycles. The summed E-state index contributed by atoms with van der Waals surface area (Å²) in [5.41, 5.74) is 2.50. The quantitative estimate of drug-likeness (QED) is 0.667. The van der Waals surface area contributed by atoms with Crippen molar-refractivity contribution in [2.45, 2.75) is 26.7 Å². The summed E-state index contributed by atoms with van der Waals surface area (Å²) in [7, 11) is 0. The third-order valence-electron chi connectivity index (χ3n) is 2.90. The summed E-state index contributed by atoms with van der Waals surface area (Å²) < 4.78 is 13.0. The highest BCUT2D eigenvalue weighted by molar-refractivity contribution is 5.52. The monoisotopic (exact) mass is 193 g/mol. The molecule has 0 saturated carbocycles. The molecule has 0 saturated heterocycles. The maximum Gasteiger partial charge on any atom is 0.125 e. The number of nitrogens with one attached hydrogen (secondary N) is 1. The van der Waals surface area contributed by atoms with E-state index in [4.69, 9.17) is 0 Å². The fraction of sp³-hybridized carbons (Fsp3) is 0.500. The molecule has 76 valence electrons. The van der Waals surface area contributed by atoms with Gasteiger partial charge >= 0.3 is 0 Å². The first-order valence-corrected chi connectivity index (χ1v) is 5.09. The maximum atomic E-state index is 13.0. The van der Waals surface area contributed by atoms with Crippen LogP contribution in [0.15, 0.2) is 18.2 Å². The number of fused-ring (bicyclic) bond motifs is 1. The summed E-state index contributed by atoms with van der Waals surface area (Å²) in [5.74, 6) is -0.157. The van der Waals surface area contributed by atoms with Crippen LogP contribution in [0.4, 0.5) is 10.1 Å². The fourth-order valence-corrected chi connectivity index (χ4v) is 1.83. The molecule has 1 aliphatic heterocycles. The maximum absolute atomic E-state index is 13.0. The van der Waals surface area contributed by atoms with Crippen LogP contribution in [0.3, 0.4) is 0 Å². The van der Waals surface area contributed by atoms with Gasteiger partial charge in [0, 0.05) is 12.2 Å². The molecule has 0 unspecified atom stereocenters. The molecule has 1 aromatic carbocycles. The van der Waals surface area contributed by atoms with Gasteiger partial charge in [0.2, 0.25) is 0 Å². The van der Waals surface area contributed by atoms with Crippen molar-refractivity contribution >= 4 is 5.69 Å². The minimum Gasteiger partial charge on any atom is -0.384 e. The highest BCUT2D eigenvalue weighted by Crippen LogP contribution is 2.30. The Kier molecular flexibility index (Phi) is 2.22. The van der Waals surface area contributed by atoms with E-state index in [-0.39, 0.29) is 5.82 Å². The van der Waals surface area contributed by atoms with Gasteiger partial charge in [0.05, 0.1) is 0 Å². The summed E-state index contributed by atoms with van der Waals surface area (Å²) in [4.78, 5) is 0. The van der Waals surface area contributed by atoms with Gasteiger partial charge in [0.15, 0.2) is 0 Å². The van der Waals surface area contributed by atoms with Crippen molar-refractivity contribution in [3.05, 3.63) is 29.6 Å². The topological polar surface area (TPSA) is 12.0 Å². The van der Waals surface area contributed by atoms with Gasteiger partial charge in [0.25, 0.3) is 0 Å². The van der Waals surface area contributed by atoms with Crippen molar-refractivity contribution in [1.29, 1.82) is 0 Å². The zero-order valence-electron chi connectivity index (χ0n) is 8.73. The Hall–Kier alpha value is -1.05. The van der Waals surface area contributed by atoms with Crippen LogP contribution in [-0.2, 0) is 6.42 Å². The molecule has 0 amide bonds. The van der Waals surface area contributed by atoms with Crippen LogP contribution in [0.1, 0.15) is 25.8 Å². The lowest BCUT2D eigenvalue weighted by atomic mass is 9.88. The molecule has 0 spiro atoms. The summed E-state index contributed by atoms with van der Waals surface area (Å²) in [6.45, 7) is 5.40. The number of hydrogen-bond donors (Lipinski definition) is 1. The average molecular weight is 193 g/mol. The van der Waals surface area contributed by atoms with Crippen LogP contribution in [0, 0.1) is 11.2 Å². The zero-order chi connectivity index (χ0) is 10.2. The van der Waals surface area contributed by atoms with Crippen LogP contribution in [0.25, 0.3) is 0 Å². The Morgan fingerprint density at radius 3 is 2.93 bits per heavy atom. The second-order valence-corrected chi connectivity index (χ2v) is 4.82. The van der Waals surface area contributed by atoms with Gasteiger partial charge in [-0.2, -0.15) is 0 Å².